The van der Waals surface area contributed by atoms with Crippen LogP contribution < -0.4 is 0 Å². The second kappa shape index (κ2) is 8.20. The standard InChI is InChI=1S/C24H29N3O3S/c1-17-7-9-18(10-8-17)23-25-22(26-30-23)19-6-5-15-27(16-19)31(28,29)21-13-11-20(12-14-21)24(2,3)4/h7-14,19H,5-6,15-16H2,1-4H3/t19-/m1/s1. The molecule has 0 saturated carbocycles. The highest BCUT2D eigenvalue weighted by atomic mass is 32.2. The molecule has 1 aromatic heterocycles. The quantitative estimate of drug-likeness (QED) is 0.577. The molecular formula is C24H29N3O3S. The highest BCUT2D eigenvalue weighted by Gasteiger charge is 2.33. The summed E-state index contributed by atoms with van der Waals surface area (Å²) in [7, 11) is -3.57. The van der Waals surface area contributed by atoms with E-state index in [1.165, 1.54) is 0 Å². The van der Waals surface area contributed by atoms with E-state index in [4.69, 9.17) is 4.52 Å². The SMILES string of the molecule is Cc1ccc(-c2nc([C@@H]3CCCN(S(=O)(=O)c4ccc(C(C)(C)C)cc4)C3)no2)cc1. The van der Waals surface area contributed by atoms with E-state index in [-0.39, 0.29) is 11.3 Å². The number of nitrogens with zero attached hydrogens (tertiary/aromatic N) is 3. The Kier molecular flexibility index (Phi) is 5.75. The number of aryl methyl sites for hydroxylation is 1. The molecule has 3 aromatic rings. The lowest BCUT2D eigenvalue weighted by molar-refractivity contribution is 0.302. The first kappa shape index (κ1) is 21.7. The Morgan fingerprint density at radius 3 is 2.35 bits per heavy atom. The van der Waals surface area contributed by atoms with E-state index in [0.29, 0.717) is 29.7 Å². The molecule has 1 saturated heterocycles. The maximum Gasteiger partial charge on any atom is 0.257 e. The van der Waals surface area contributed by atoms with Gasteiger partial charge >= 0.3 is 0 Å². The van der Waals surface area contributed by atoms with Crippen LogP contribution in [0.25, 0.3) is 11.5 Å². The predicted molar refractivity (Wildman–Crippen MR) is 120 cm³/mol. The van der Waals surface area contributed by atoms with Gasteiger partial charge in [0, 0.05) is 24.6 Å². The van der Waals surface area contributed by atoms with Crippen LogP contribution in [0.2, 0.25) is 0 Å². The highest BCUT2D eigenvalue weighted by molar-refractivity contribution is 7.89. The smallest absolute Gasteiger partial charge is 0.257 e. The molecule has 2 aromatic carbocycles. The number of benzene rings is 2. The summed E-state index contributed by atoms with van der Waals surface area (Å²) in [6.45, 7) is 9.22. The van der Waals surface area contributed by atoms with Crippen LogP contribution in [0.4, 0.5) is 0 Å². The monoisotopic (exact) mass is 439 g/mol. The number of hydrogen-bond donors (Lipinski definition) is 0. The van der Waals surface area contributed by atoms with Crippen LogP contribution in [0.5, 0.6) is 0 Å². The van der Waals surface area contributed by atoms with Gasteiger partial charge < -0.3 is 4.52 Å². The minimum atomic E-state index is -3.57. The van der Waals surface area contributed by atoms with E-state index in [1.54, 1.807) is 16.4 Å². The van der Waals surface area contributed by atoms with Gasteiger partial charge in [-0.05, 0) is 55.0 Å². The van der Waals surface area contributed by atoms with E-state index < -0.39 is 10.0 Å². The van der Waals surface area contributed by atoms with Gasteiger partial charge in [-0.15, -0.1) is 0 Å². The Balaban J connectivity index is 1.52. The van der Waals surface area contributed by atoms with Crippen LogP contribution in [0.1, 0.15) is 56.5 Å². The van der Waals surface area contributed by atoms with Gasteiger partial charge in [0.15, 0.2) is 5.82 Å². The summed E-state index contributed by atoms with van der Waals surface area (Å²) in [5.74, 6) is 0.951. The first-order valence-electron chi connectivity index (χ1n) is 10.7. The summed E-state index contributed by atoms with van der Waals surface area (Å²) in [5, 5.41) is 4.16. The average Bonchev–Trinajstić information content (AvgIpc) is 3.24. The minimum Gasteiger partial charge on any atom is -0.334 e. The number of rotatable bonds is 4. The molecule has 7 heteroatoms. The van der Waals surface area contributed by atoms with Gasteiger partial charge in [0.05, 0.1) is 4.90 Å². The van der Waals surface area contributed by atoms with Crippen LogP contribution in [-0.2, 0) is 15.4 Å². The molecule has 4 rings (SSSR count). The second-order valence-electron chi connectivity index (χ2n) is 9.30. The van der Waals surface area contributed by atoms with Crippen molar-refractivity contribution in [2.75, 3.05) is 13.1 Å². The van der Waals surface area contributed by atoms with Crippen molar-refractivity contribution < 1.29 is 12.9 Å². The fraction of sp³-hybridized carbons (Fsp3) is 0.417. The Morgan fingerprint density at radius 2 is 1.71 bits per heavy atom. The minimum absolute atomic E-state index is 0.0215. The maximum absolute atomic E-state index is 13.2. The zero-order chi connectivity index (χ0) is 22.2. The molecule has 0 amide bonds. The Morgan fingerprint density at radius 1 is 1.03 bits per heavy atom. The molecule has 1 aliphatic rings. The summed E-state index contributed by atoms with van der Waals surface area (Å²) in [4.78, 5) is 4.89. The summed E-state index contributed by atoms with van der Waals surface area (Å²) in [5.41, 5.74) is 3.11. The Labute approximate surface area is 184 Å². The third-order valence-electron chi connectivity index (χ3n) is 5.85. The van der Waals surface area contributed by atoms with Crippen LogP contribution in [-0.4, -0.2) is 36.0 Å². The van der Waals surface area contributed by atoms with Gasteiger partial charge in [-0.2, -0.15) is 9.29 Å². The van der Waals surface area contributed by atoms with Crippen LogP contribution in [0.3, 0.4) is 0 Å². The number of aromatic nitrogens is 2. The van der Waals surface area contributed by atoms with Crippen LogP contribution in [0.15, 0.2) is 57.9 Å². The van der Waals surface area contributed by atoms with Crippen molar-refractivity contribution in [3.8, 4) is 11.5 Å². The van der Waals surface area contributed by atoms with Crippen molar-refractivity contribution in [3.63, 3.8) is 0 Å². The lowest BCUT2D eigenvalue weighted by atomic mass is 9.87. The predicted octanol–water partition coefficient (Wildman–Crippen LogP) is 4.91. The van der Waals surface area contributed by atoms with E-state index in [0.717, 1.165) is 29.5 Å². The van der Waals surface area contributed by atoms with Gasteiger partial charge in [0.1, 0.15) is 0 Å². The van der Waals surface area contributed by atoms with Crippen LogP contribution in [0, 0.1) is 6.92 Å². The van der Waals surface area contributed by atoms with E-state index in [9.17, 15) is 8.42 Å². The van der Waals surface area contributed by atoms with Gasteiger partial charge in [-0.3, -0.25) is 0 Å². The summed E-state index contributed by atoms with van der Waals surface area (Å²) in [6, 6.07) is 15.1. The first-order chi connectivity index (χ1) is 14.6. The fourth-order valence-electron chi connectivity index (χ4n) is 3.86. The maximum atomic E-state index is 13.2. The van der Waals surface area contributed by atoms with Crippen LogP contribution >= 0.6 is 0 Å². The number of piperidine rings is 1. The molecule has 6 nitrogen and oxygen atoms in total. The lowest BCUT2D eigenvalue weighted by Gasteiger charge is -2.30. The normalized spacial score (nSPS) is 18.3. The summed E-state index contributed by atoms with van der Waals surface area (Å²) in [6.07, 6.45) is 1.60. The van der Waals surface area contributed by atoms with Crippen molar-refractivity contribution in [1.29, 1.82) is 0 Å². The molecule has 0 N–H and O–H groups in total. The number of hydrogen-bond acceptors (Lipinski definition) is 5. The molecule has 1 aliphatic heterocycles. The molecular weight excluding hydrogens is 410 g/mol. The zero-order valence-corrected chi connectivity index (χ0v) is 19.3. The van der Waals surface area contributed by atoms with Crippen molar-refractivity contribution in [1.82, 2.24) is 14.4 Å². The Bertz CT molecular complexity index is 1140. The van der Waals surface area contributed by atoms with E-state index in [2.05, 4.69) is 30.9 Å². The molecule has 1 atom stereocenters. The molecule has 0 bridgehead atoms. The molecule has 31 heavy (non-hydrogen) atoms. The van der Waals surface area contributed by atoms with E-state index >= 15 is 0 Å². The zero-order valence-electron chi connectivity index (χ0n) is 18.5. The highest BCUT2D eigenvalue weighted by Crippen LogP contribution is 2.31. The van der Waals surface area contributed by atoms with E-state index in [1.807, 2.05) is 43.3 Å². The van der Waals surface area contributed by atoms with Crippen molar-refractivity contribution in [2.24, 2.45) is 0 Å². The Hall–Kier alpha value is -2.51. The fourth-order valence-corrected chi connectivity index (χ4v) is 5.39. The van der Waals surface area contributed by atoms with Gasteiger partial charge in [0.2, 0.25) is 10.0 Å². The summed E-state index contributed by atoms with van der Waals surface area (Å²) >= 11 is 0. The third kappa shape index (κ3) is 4.57. The molecule has 0 radical (unpaired) electrons. The third-order valence-corrected chi connectivity index (χ3v) is 7.73. The molecule has 2 heterocycles. The topological polar surface area (TPSA) is 76.3 Å². The first-order valence-corrected chi connectivity index (χ1v) is 12.1. The molecule has 0 aliphatic carbocycles. The van der Waals surface area contributed by atoms with Gasteiger partial charge in [-0.25, -0.2) is 8.42 Å². The molecule has 1 fully saturated rings. The average molecular weight is 440 g/mol. The van der Waals surface area contributed by atoms with Crippen molar-refractivity contribution in [3.05, 3.63) is 65.5 Å². The lowest BCUT2D eigenvalue weighted by Crippen LogP contribution is -2.39. The van der Waals surface area contributed by atoms with Crippen molar-refractivity contribution >= 4 is 10.0 Å². The number of sulfonamides is 1. The summed E-state index contributed by atoms with van der Waals surface area (Å²) < 4.78 is 33.5. The van der Waals surface area contributed by atoms with Gasteiger partial charge in [-0.1, -0.05) is 55.8 Å². The largest absolute Gasteiger partial charge is 0.334 e. The van der Waals surface area contributed by atoms with Crippen molar-refractivity contribution in [2.45, 2.75) is 56.8 Å². The molecule has 0 spiro atoms. The molecule has 0 unspecified atom stereocenters. The second-order valence-corrected chi connectivity index (χ2v) is 11.2. The van der Waals surface area contributed by atoms with Gasteiger partial charge in [0.25, 0.3) is 5.89 Å². The molecule has 164 valence electrons.